The van der Waals surface area contributed by atoms with E-state index in [0.717, 1.165) is 0 Å². The lowest BCUT2D eigenvalue weighted by molar-refractivity contribution is 0.112. The highest BCUT2D eigenvalue weighted by molar-refractivity contribution is 7.47. The van der Waals surface area contributed by atoms with Gasteiger partial charge in [-0.1, -0.05) is 12.1 Å². The zero-order valence-corrected chi connectivity index (χ0v) is 6.65. The summed E-state index contributed by atoms with van der Waals surface area (Å²) in [7, 11) is -2.60. The molecule has 0 aliphatic heterocycles. The third-order valence-corrected chi connectivity index (χ3v) is 2.12. The molecule has 4 heteroatoms. The maximum Gasteiger partial charge on any atom is 0.218 e. The van der Waals surface area contributed by atoms with Crippen molar-refractivity contribution in [3.8, 4) is 0 Å². The SMILES string of the molecule is O=Cc1ccc([PH](=O)O)cc1. The average molecular weight is 170 g/mol. The topological polar surface area (TPSA) is 54.4 Å². The van der Waals surface area contributed by atoms with E-state index < -0.39 is 8.03 Å². The van der Waals surface area contributed by atoms with Crippen molar-refractivity contribution < 1.29 is 14.3 Å². The highest BCUT2D eigenvalue weighted by Gasteiger charge is 1.96. The Labute approximate surface area is 64.5 Å². The lowest BCUT2D eigenvalue weighted by Gasteiger charge is -1.93. The first-order valence-electron chi connectivity index (χ1n) is 3.02. The number of aldehydes is 1. The molecule has 0 amide bonds. The first-order chi connectivity index (χ1) is 5.24. The Morgan fingerprint density at radius 1 is 1.27 bits per heavy atom. The maximum atomic E-state index is 10.5. The van der Waals surface area contributed by atoms with Crippen LogP contribution in [0.3, 0.4) is 0 Å². The van der Waals surface area contributed by atoms with Crippen LogP contribution in [0.2, 0.25) is 0 Å². The van der Waals surface area contributed by atoms with Crippen molar-refractivity contribution in [1.29, 1.82) is 0 Å². The van der Waals surface area contributed by atoms with Crippen LogP contribution in [-0.2, 0) is 4.57 Å². The summed E-state index contributed by atoms with van der Waals surface area (Å²) >= 11 is 0. The van der Waals surface area contributed by atoms with Gasteiger partial charge in [-0.2, -0.15) is 0 Å². The Morgan fingerprint density at radius 3 is 2.18 bits per heavy atom. The van der Waals surface area contributed by atoms with E-state index in [-0.39, 0.29) is 0 Å². The summed E-state index contributed by atoms with van der Waals surface area (Å²) in [5.74, 6) is 0. The van der Waals surface area contributed by atoms with Crippen LogP contribution >= 0.6 is 8.03 Å². The molecule has 0 aliphatic carbocycles. The van der Waals surface area contributed by atoms with Crippen LogP contribution in [0.1, 0.15) is 10.4 Å². The van der Waals surface area contributed by atoms with Crippen molar-refractivity contribution in [3.63, 3.8) is 0 Å². The molecule has 0 saturated heterocycles. The van der Waals surface area contributed by atoms with E-state index in [9.17, 15) is 9.36 Å². The minimum atomic E-state index is -2.60. The van der Waals surface area contributed by atoms with Crippen LogP contribution in [0, 0.1) is 0 Å². The highest BCUT2D eigenvalue weighted by Crippen LogP contribution is 2.11. The molecular formula is C7H7O3P. The van der Waals surface area contributed by atoms with Crippen molar-refractivity contribution in [1.82, 2.24) is 0 Å². The van der Waals surface area contributed by atoms with Gasteiger partial charge in [-0.15, -0.1) is 0 Å². The molecule has 0 saturated carbocycles. The van der Waals surface area contributed by atoms with Gasteiger partial charge in [0.05, 0.1) is 0 Å². The monoisotopic (exact) mass is 170 g/mol. The van der Waals surface area contributed by atoms with Gasteiger partial charge in [-0.25, -0.2) is 0 Å². The van der Waals surface area contributed by atoms with Gasteiger partial charge >= 0.3 is 0 Å². The van der Waals surface area contributed by atoms with E-state index in [4.69, 9.17) is 4.89 Å². The van der Waals surface area contributed by atoms with Gasteiger partial charge in [0.2, 0.25) is 8.03 Å². The smallest absolute Gasteiger partial charge is 0.218 e. The van der Waals surface area contributed by atoms with Gasteiger partial charge < -0.3 is 4.89 Å². The van der Waals surface area contributed by atoms with Crippen molar-refractivity contribution in [2.24, 2.45) is 0 Å². The second-order valence-corrected chi connectivity index (χ2v) is 3.23. The molecule has 0 radical (unpaired) electrons. The van der Waals surface area contributed by atoms with Gasteiger partial charge in [-0.05, 0) is 12.1 Å². The Hall–Kier alpha value is -0.920. The Morgan fingerprint density at radius 2 is 1.82 bits per heavy atom. The summed E-state index contributed by atoms with van der Waals surface area (Å²) in [6, 6.07) is 5.98. The highest BCUT2D eigenvalue weighted by atomic mass is 31.1. The molecule has 1 unspecified atom stereocenters. The molecule has 1 aromatic carbocycles. The number of hydrogen-bond donors (Lipinski definition) is 1. The van der Waals surface area contributed by atoms with E-state index >= 15 is 0 Å². The van der Waals surface area contributed by atoms with Gasteiger partial charge in [0.15, 0.2) is 0 Å². The van der Waals surface area contributed by atoms with Gasteiger partial charge in [-0.3, -0.25) is 9.36 Å². The van der Waals surface area contributed by atoms with Crippen LogP contribution in [0.5, 0.6) is 0 Å². The fourth-order valence-corrected chi connectivity index (χ4v) is 1.16. The number of carbonyl (C=O) groups excluding carboxylic acids is 1. The summed E-state index contributed by atoms with van der Waals surface area (Å²) in [4.78, 5) is 18.8. The molecule has 0 spiro atoms. The summed E-state index contributed by atoms with van der Waals surface area (Å²) in [6.45, 7) is 0. The summed E-state index contributed by atoms with van der Waals surface area (Å²) < 4.78 is 10.5. The van der Waals surface area contributed by atoms with Crippen LogP contribution in [0.15, 0.2) is 24.3 Å². The van der Waals surface area contributed by atoms with Gasteiger partial charge in [0.25, 0.3) is 0 Å². The lowest BCUT2D eigenvalue weighted by Crippen LogP contribution is -1.94. The molecule has 1 N–H and O–H groups in total. The summed E-state index contributed by atoms with van der Waals surface area (Å²) in [5.41, 5.74) is 0.511. The standard InChI is InChI=1S/C7H7O3P/c8-5-6-1-3-7(4-2-6)11(9)10/h1-5,11H,(H,9,10). The summed E-state index contributed by atoms with van der Waals surface area (Å²) in [6.07, 6.45) is 0.693. The van der Waals surface area contributed by atoms with Crippen molar-refractivity contribution in [2.75, 3.05) is 0 Å². The lowest BCUT2D eigenvalue weighted by atomic mass is 10.2. The number of hydrogen-bond acceptors (Lipinski definition) is 2. The first-order valence-corrected chi connectivity index (χ1v) is 4.38. The van der Waals surface area contributed by atoms with E-state index in [1.807, 2.05) is 0 Å². The normalized spacial score (nSPS) is 12.5. The molecule has 11 heavy (non-hydrogen) atoms. The number of benzene rings is 1. The number of rotatable bonds is 2. The quantitative estimate of drug-likeness (QED) is 0.522. The third kappa shape index (κ3) is 2.00. The Bertz CT molecular complexity index is 278. The zero-order chi connectivity index (χ0) is 8.27. The zero-order valence-electron chi connectivity index (χ0n) is 5.65. The molecule has 1 aromatic rings. The minimum absolute atomic E-state index is 0.376. The van der Waals surface area contributed by atoms with Crippen LogP contribution in [-0.4, -0.2) is 11.2 Å². The predicted molar refractivity (Wildman–Crippen MR) is 42.7 cm³/mol. The van der Waals surface area contributed by atoms with Crippen LogP contribution in [0.4, 0.5) is 0 Å². The van der Waals surface area contributed by atoms with E-state index in [1.165, 1.54) is 24.3 Å². The molecule has 0 heterocycles. The van der Waals surface area contributed by atoms with E-state index in [2.05, 4.69) is 0 Å². The second kappa shape index (κ2) is 3.46. The molecule has 3 nitrogen and oxygen atoms in total. The summed E-state index contributed by atoms with van der Waals surface area (Å²) in [5, 5.41) is 0.376. The van der Waals surface area contributed by atoms with Crippen molar-refractivity contribution >= 4 is 19.6 Å². The molecule has 1 atom stereocenters. The van der Waals surface area contributed by atoms with Crippen LogP contribution in [0.25, 0.3) is 0 Å². The van der Waals surface area contributed by atoms with Gasteiger partial charge in [0.1, 0.15) is 6.29 Å². The fourth-order valence-electron chi connectivity index (χ4n) is 0.704. The number of carbonyl (C=O) groups is 1. The van der Waals surface area contributed by atoms with Crippen molar-refractivity contribution in [2.45, 2.75) is 0 Å². The third-order valence-electron chi connectivity index (χ3n) is 1.29. The predicted octanol–water partition coefficient (Wildman–Crippen LogP) is 0.591. The van der Waals surface area contributed by atoms with E-state index in [1.54, 1.807) is 0 Å². The molecule has 0 aliphatic rings. The maximum absolute atomic E-state index is 10.5. The second-order valence-electron chi connectivity index (χ2n) is 2.05. The first kappa shape index (κ1) is 8.18. The fraction of sp³-hybridized carbons (Fsp3) is 0. The Balaban J connectivity index is 3.00. The van der Waals surface area contributed by atoms with Gasteiger partial charge in [0, 0.05) is 10.9 Å². The molecular weight excluding hydrogens is 163 g/mol. The molecule has 0 fully saturated rings. The average Bonchev–Trinajstić information content (AvgIpc) is 2.05. The van der Waals surface area contributed by atoms with Crippen LogP contribution < -0.4 is 5.30 Å². The molecule has 58 valence electrons. The molecule has 1 rings (SSSR count). The Kier molecular flexibility index (Phi) is 2.58. The molecule has 0 aromatic heterocycles. The largest absolute Gasteiger partial charge is 0.343 e. The van der Waals surface area contributed by atoms with E-state index in [0.29, 0.717) is 17.2 Å². The minimum Gasteiger partial charge on any atom is -0.343 e. The van der Waals surface area contributed by atoms with Crippen molar-refractivity contribution in [3.05, 3.63) is 29.8 Å². The molecule has 0 bridgehead atoms.